The highest BCUT2D eigenvalue weighted by molar-refractivity contribution is 7.89. The number of aromatic amines is 1. The van der Waals surface area contributed by atoms with Crippen molar-refractivity contribution in [3.05, 3.63) is 59.4 Å². The van der Waals surface area contributed by atoms with Crippen LogP contribution in [0.4, 0.5) is 13.2 Å². The van der Waals surface area contributed by atoms with Crippen LogP contribution in [0.3, 0.4) is 0 Å². The first-order valence-electron chi connectivity index (χ1n) is 9.04. The monoisotopic (exact) mass is 408 g/mol. The summed E-state index contributed by atoms with van der Waals surface area (Å²) in [6.07, 6.45) is 1.05. The lowest BCUT2D eigenvalue weighted by Gasteiger charge is -2.36. The Labute approximate surface area is 160 Å². The molecule has 0 atom stereocenters. The molecule has 4 nitrogen and oxygen atoms in total. The SMILES string of the molecule is CCS(=O)(=O)N[C@H]1C[C@H](c2c(-c3ccc(F)cc3)[nH]c3c(F)cc(F)cc32)C1. The van der Waals surface area contributed by atoms with E-state index in [2.05, 4.69) is 9.71 Å². The van der Waals surface area contributed by atoms with Gasteiger partial charge in [-0.1, -0.05) is 0 Å². The van der Waals surface area contributed by atoms with Crippen molar-refractivity contribution in [1.82, 2.24) is 9.71 Å². The minimum Gasteiger partial charge on any atom is -0.352 e. The lowest BCUT2D eigenvalue weighted by Crippen LogP contribution is -2.43. The number of nitrogens with one attached hydrogen (secondary N) is 2. The number of benzene rings is 2. The van der Waals surface area contributed by atoms with Gasteiger partial charge in [-0.15, -0.1) is 0 Å². The van der Waals surface area contributed by atoms with E-state index in [4.69, 9.17) is 0 Å². The van der Waals surface area contributed by atoms with Crippen LogP contribution < -0.4 is 4.72 Å². The molecule has 28 heavy (non-hydrogen) atoms. The van der Waals surface area contributed by atoms with Gasteiger partial charge in [0, 0.05) is 17.5 Å². The molecule has 0 unspecified atom stereocenters. The molecular formula is C20H19F3N2O2S. The van der Waals surface area contributed by atoms with E-state index < -0.39 is 27.5 Å². The second kappa shape index (κ2) is 6.93. The minimum atomic E-state index is -3.31. The van der Waals surface area contributed by atoms with Crippen LogP contribution in [0.25, 0.3) is 22.2 Å². The number of H-pyrrole nitrogens is 1. The Balaban J connectivity index is 1.76. The zero-order valence-electron chi connectivity index (χ0n) is 15.1. The van der Waals surface area contributed by atoms with Crippen molar-refractivity contribution >= 4 is 20.9 Å². The van der Waals surface area contributed by atoms with E-state index >= 15 is 0 Å². The van der Waals surface area contributed by atoms with E-state index in [9.17, 15) is 21.6 Å². The van der Waals surface area contributed by atoms with Crippen LogP contribution in [-0.4, -0.2) is 25.2 Å². The van der Waals surface area contributed by atoms with Gasteiger partial charge < -0.3 is 4.98 Å². The summed E-state index contributed by atoms with van der Waals surface area (Å²) >= 11 is 0. The number of hydrogen-bond donors (Lipinski definition) is 2. The lowest BCUT2D eigenvalue weighted by molar-refractivity contribution is 0.328. The molecule has 0 aliphatic heterocycles. The standard InChI is InChI=1S/C20H19F3N2O2S/c1-2-28(26,27)25-15-7-12(8-15)18-16-9-14(22)10-17(23)20(16)24-19(18)11-3-5-13(21)6-4-11/h3-6,9-10,12,15,24-25H,2,7-8H2,1H3/t12-,15-. The maximum atomic E-state index is 14.3. The van der Waals surface area contributed by atoms with Crippen LogP contribution in [0.5, 0.6) is 0 Å². The average molecular weight is 408 g/mol. The molecule has 2 aromatic carbocycles. The molecule has 0 bridgehead atoms. The van der Waals surface area contributed by atoms with Gasteiger partial charge in [0.1, 0.15) is 17.5 Å². The van der Waals surface area contributed by atoms with Gasteiger partial charge in [-0.25, -0.2) is 26.3 Å². The minimum absolute atomic E-state index is 0.00148. The Morgan fingerprint density at radius 2 is 1.75 bits per heavy atom. The predicted octanol–water partition coefficient (Wildman–Crippen LogP) is 4.44. The Bertz CT molecular complexity index is 1130. The molecule has 1 aliphatic carbocycles. The number of halogens is 3. The van der Waals surface area contributed by atoms with Crippen LogP contribution >= 0.6 is 0 Å². The van der Waals surface area contributed by atoms with Crippen molar-refractivity contribution in [1.29, 1.82) is 0 Å². The highest BCUT2D eigenvalue weighted by Crippen LogP contribution is 2.45. The topological polar surface area (TPSA) is 62.0 Å². The largest absolute Gasteiger partial charge is 0.352 e. The molecule has 8 heteroatoms. The van der Waals surface area contributed by atoms with Crippen LogP contribution in [0, 0.1) is 17.5 Å². The third-order valence-corrected chi connectivity index (χ3v) is 6.72. The summed E-state index contributed by atoms with van der Waals surface area (Å²) in [6, 6.07) is 7.65. The second-order valence-corrected chi connectivity index (χ2v) is 9.16. The molecule has 148 valence electrons. The maximum Gasteiger partial charge on any atom is 0.211 e. The number of fused-ring (bicyclic) bond motifs is 1. The first-order valence-corrected chi connectivity index (χ1v) is 10.7. The summed E-state index contributed by atoms with van der Waals surface area (Å²) in [4.78, 5) is 3.02. The molecule has 1 heterocycles. The number of rotatable bonds is 5. The molecule has 0 amide bonds. The van der Waals surface area contributed by atoms with Crippen molar-refractivity contribution in [3.63, 3.8) is 0 Å². The van der Waals surface area contributed by atoms with E-state index in [1.54, 1.807) is 19.1 Å². The van der Waals surface area contributed by atoms with E-state index in [0.717, 1.165) is 11.6 Å². The molecule has 0 spiro atoms. The first-order chi connectivity index (χ1) is 13.3. The first kappa shape index (κ1) is 19.0. The average Bonchev–Trinajstić information content (AvgIpc) is 2.98. The fraction of sp³-hybridized carbons (Fsp3) is 0.300. The molecular weight excluding hydrogens is 389 g/mol. The molecule has 1 aliphatic rings. The molecule has 1 fully saturated rings. The summed E-state index contributed by atoms with van der Waals surface area (Å²) in [7, 11) is -3.31. The summed E-state index contributed by atoms with van der Waals surface area (Å²) in [5.74, 6) is -1.85. The van der Waals surface area contributed by atoms with E-state index in [-0.39, 0.29) is 23.2 Å². The molecule has 0 radical (unpaired) electrons. The fourth-order valence-corrected chi connectivity index (χ4v) is 4.66. The van der Waals surface area contributed by atoms with Crippen molar-refractivity contribution in [2.45, 2.75) is 31.7 Å². The third-order valence-electron chi connectivity index (χ3n) is 5.27. The zero-order chi connectivity index (χ0) is 20.1. The van der Waals surface area contributed by atoms with Gasteiger partial charge in [-0.3, -0.25) is 0 Å². The highest BCUT2D eigenvalue weighted by Gasteiger charge is 2.36. The third kappa shape index (κ3) is 3.42. The Morgan fingerprint density at radius 3 is 2.39 bits per heavy atom. The van der Waals surface area contributed by atoms with E-state index in [0.29, 0.717) is 29.5 Å². The van der Waals surface area contributed by atoms with Crippen molar-refractivity contribution in [2.24, 2.45) is 0 Å². The molecule has 4 rings (SSSR count). The molecule has 3 aromatic rings. The Hall–Kier alpha value is -2.32. The van der Waals surface area contributed by atoms with Gasteiger partial charge >= 0.3 is 0 Å². The second-order valence-electron chi connectivity index (χ2n) is 7.12. The number of sulfonamides is 1. The predicted molar refractivity (Wildman–Crippen MR) is 102 cm³/mol. The summed E-state index contributed by atoms with van der Waals surface area (Å²) in [5, 5.41) is 0.429. The van der Waals surface area contributed by atoms with Gasteiger partial charge in [0.05, 0.1) is 17.0 Å². The zero-order valence-corrected chi connectivity index (χ0v) is 15.9. The number of aromatic nitrogens is 1. The summed E-state index contributed by atoms with van der Waals surface area (Å²) in [6.45, 7) is 1.57. The van der Waals surface area contributed by atoms with E-state index in [1.165, 1.54) is 18.2 Å². The van der Waals surface area contributed by atoms with Crippen molar-refractivity contribution < 1.29 is 21.6 Å². The smallest absolute Gasteiger partial charge is 0.211 e. The molecule has 1 aromatic heterocycles. The highest BCUT2D eigenvalue weighted by atomic mass is 32.2. The van der Waals surface area contributed by atoms with Gasteiger partial charge in [-0.05, 0) is 67.1 Å². The molecule has 1 saturated carbocycles. The summed E-state index contributed by atoms with van der Waals surface area (Å²) in [5.41, 5.74) is 2.17. The van der Waals surface area contributed by atoms with Gasteiger partial charge in [0.2, 0.25) is 10.0 Å². The van der Waals surface area contributed by atoms with E-state index in [1.807, 2.05) is 0 Å². The number of hydrogen-bond acceptors (Lipinski definition) is 2. The fourth-order valence-electron chi connectivity index (χ4n) is 3.80. The van der Waals surface area contributed by atoms with Crippen LogP contribution in [-0.2, 0) is 10.0 Å². The maximum absolute atomic E-state index is 14.3. The van der Waals surface area contributed by atoms with Gasteiger partial charge in [0.15, 0.2) is 0 Å². The Morgan fingerprint density at radius 1 is 1.07 bits per heavy atom. The van der Waals surface area contributed by atoms with Crippen molar-refractivity contribution in [3.8, 4) is 11.3 Å². The molecule has 0 saturated heterocycles. The van der Waals surface area contributed by atoms with Gasteiger partial charge in [-0.2, -0.15) is 0 Å². The van der Waals surface area contributed by atoms with Crippen LogP contribution in [0.2, 0.25) is 0 Å². The molecule has 2 N–H and O–H groups in total. The lowest BCUT2D eigenvalue weighted by atomic mass is 9.74. The summed E-state index contributed by atoms with van der Waals surface area (Å²) < 4.78 is 67.7. The van der Waals surface area contributed by atoms with Crippen LogP contribution in [0.1, 0.15) is 31.2 Å². The Kier molecular flexibility index (Phi) is 4.71. The normalized spacial score (nSPS) is 19.7. The van der Waals surface area contributed by atoms with Gasteiger partial charge in [0.25, 0.3) is 0 Å². The van der Waals surface area contributed by atoms with Crippen molar-refractivity contribution in [2.75, 3.05) is 5.75 Å². The quantitative estimate of drug-likeness (QED) is 0.656. The van der Waals surface area contributed by atoms with Crippen LogP contribution in [0.15, 0.2) is 36.4 Å².